The maximum absolute atomic E-state index is 13.7. The van der Waals surface area contributed by atoms with E-state index in [-0.39, 0.29) is 11.4 Å². The third-order valence-corrected chi connectivity index (χ3v) is 3.65. The predicted molar refractivity (Wildman–Crippen MR) is 91.1 cm³/mol. The van der Waals surface area contributed by atoms with Crippen LogP contribution in [0.1, 0.15) is 50.8 Å². The van der Waals surface area contributed by atoms with Crippen LogP contribution in [0.4, 0.5) is 16.2 Å². The largest absolute Gasteiger partial charge is 0.366 e. The molecule has 0 radical (unpaired) electrons. The van der Waals surface area contributed by atoms with Gasteiger partial charge < -0.3 is 10.6 Å². The first-order chi connectivity index (χ1) is 10.9. The average Bonchev–Trinajstić information content (AvgIpc) is 3.29. The SMILES string of the molecule is CC(C)(C)Nc1nc(NCc2ccccc2F)cc(C2CC2)n1. The van der Waals surface area contributed by atoms with Gasteiger partial charge in [0.25, 0.3) is 0 Å². The molecule has 1 saturated carbocycles. The van der Waals surface area contributed by atoms with E-state index in [2.05, 4.69) is 41.4 Å². The number of rotatable bonds is 5. The van der Waals surface area contributed by atoms with Gasteiger partial charge in [0.05, 0.1) is 5.69 Å². The number of nitrogens with zero attached hydrogens (tertiary/aromatic N) is 2. The summed E-state index contributed by atoms with van der Waals surface area (Å²) < 4.78 is 13.7. The van der Waals surface area contributed by atoms with Gasteiger partial charge in [-0.15, -0.1) is 0 Å². The average molecular weight is 314 g/mol. The second-order valence-corrected chi connectivity index (χ2v) is 7.10. The molecule has 0 aliphatic heterocycles. The second-order valence-electron chi connectivity index (χ2n) is 7.10. The zero-order valence-electron chi connectivity index (χ0n) is 13.9. The highest BCUT2D eigenvalue weighted by atomic mass is 19.1. The van der Waals surface area contributed by atoms with E-state index in [1.54, 1.807) is 12.1 Å². The zero-order valence-corrected chi connectivity index (χ0v) is 13.9. The van der Waals surface area contributed by atoms with Gasteiger partial charge >= 0.3 is 0 Å². The fourth-order valence-electron chi connectivity index (χ4n) is 2.36. The molecule has 4 nitrogen and oxygen atoms in total. The number of hydrogen-bond acceptors (Lipinski definition) is 4. The van der Waals surface area contributed by atoms with Crippen LogP contribution in [-0.4, -0.2) is 15.5 Å². The fraction of sp³-hybridized carbons (Fsp3) is 0.444. The molecule has 5 heteroatoms. The lowest BCUT2D eigenvalue weighted by Crippen LogP contribution is -2.27. The van der Waals surface area contributed by atoms with Crippen molar-refractivity contribution in [3.63, 3.8) is 0 Å². The van der Waals surface area contributed by atoms with Crippen LogP contribution in [-0.2, 0) is 6.54 Å². The Morgan fingerprint density at radius 1 is 1.17 bits per heavy atom. The lowest BCUT2D eigenvalue weighted by atomic mass is 10.1. The van der Waals surface area contributed by atoms with Crippen molar-refractivity contribution in [2.45, 2.75) is 51.6 Å². The molecule has 0 bridgehead atoms. The lowest BCUT2D eigenvalue weighted by molar-refractivity contribution is 0.612. The van der Waals surface area contributed by atoms with Crippen molar-refractivity contribution in [2.24, 2.45) is 0 Å². The first-order valence-corrected chi connectivity index (χ1v) is 8.05. The van der Waals surface area contributed by atoms with Crippen molar-refractivity contribution in [2.75, 3.05) is 10.6 Å². The van der Waals surface area contributed by atoms with Crippen LogP contribution in [0.5, 0.6) is 0 Å². The standard InChI is InChI=1S/C18H23FN4/c1-18(2,3)23-17-21-15(12-8-9-12)10-16(22-17)20-11-13-6-4-5-7-14(13)19/h4-7,10,12H,8-9,11H2,1-3H3,(H2,20,21,22,23). The smallest absolute Gasteiger partial charge is 0.225 e. The minimum atomic E-state index is -0.204. The van der Waals surface area contributed by atoms with Gasteiger partial charge in [-0.3, -0.25) is 0 Å². The Labute approximate surface area is 136 Å². The fourth-order valence-corrected chi connectivity index (χ4v) is 2.36. The third-order valence-electron chi connectivity index (χ3n) is 3.65. The molecule has 1 heterocycles. The number of hydrogen-bond donors (Lipinski definition) is 2. The minimum Gasteiger partial charge on any atom is -0.366 e. The normalized spacial score (nSPS) is 14.6. The summed E-state index contributed by atoms with van der Waals surface area (Å²) in [6.07, 6.45) is 2.36. The Balaban J connectivity index is 1.79. The van der Waals surface area contributed by atoms with Crippen molar-refractivity contribution in [3.8, 4) is 0 Å². The lowest BCUT2D eigenvalue weighted by Gasteiger charge is -2.21. The topological polar surface area (TPSA) is 49.8 Å². The zero-order chi connectivity index (χ0) is 16.4. The summed E-state index contributed by atoms with van der Waals surface area (Å²) in [6, 6.07) is 8.76. The van der Waals surface area contributed by atoms with Crippen molar-refractivity contribution in [1.82, 2.24) is 9.97 Å². The van der Waals surface area contributed by atoms with Gasteiger partial charge in [0.2, 0.25) is 5.95 Å². The molecule has 3 rings (SSSR count). The molecule has 0 unspecified atom stereocenters. The van der Waals surface area contributed by atoms with Gasteiger partial charge in [-0.2, -0.15) is 4.98 Å². The Morgan fingerprint density at radius 3 is 2.57 bits per heavy atom. The summed E-state index contributed by atoms with van der Waals surface area (Å²) in [6.45, 7) is 6.63. The molecule has 23 heavy (non-hydrogen) atoms. The quantitative estimate of drug-likeness (QED) is 0.863. The van der Waals surface area contributed by atoms with E-state index in [4.69, 9.17) is 0 Å². The Kier molecular flexibility index (Phi) is 4.20. The van der Waals surface area contributed by atoms with Crippen LogP contribution in [0, 0.1) is 5.82 Å². The first-order valence-electron chi connectivity index (χ1n) is 8.05. The molecule has 1 aromatic heterocycles. The van der Waals surface area contributed by atoms with Crippen molar-refractivity contribution >= 4 is 11.8 Å². The van der Waals surface area contributed by atoms with E-state index in [0.717, 1.165) is 11.5 Å². The van der Waals surface area contributed by atoms with Gasteiger partial charge in [0, 0.05) is 29.6 Å². The van der Waals surface area contributed by atoms with Crippen molar-refractivity contribution in [1.29, 1.82) is 0 Å². The van der Waals surface area contributed by atoms with E-state index >= 15 is 0 Å². The molecule has 1 fully saturated rings. The highest BCUT2D eigenvalue weighted by molar-refractivity contribution is 5.45. The molecule has 1 aliphatic carbocycles. The predicted octanol–water partition coefficient (Wildman–Crippen LogP) is 4.32. The molecule has 2 N–H and O–H groups in total. The molecule has 0 amide bonds. The summed E-state index contributed by atoms with van der Waals surface area (Å²) in [5.74, 6) is 1.69. The van der Waals surface area contributed by atoms with Crippen LogP contribution < -0.4 is 10.6 Å². The first kappa shape index (κ1) is 15.7. The minimum absolute atomic E-state index is 0.106. The number of halogens is 1. The molecule has 1 aromatic carbocycles. The summed E-state index contributed by atoms with van der Waals surface area (Å²) in [5.41, 5.74) is 1.58. The van der Waals surface area contributed by atoms with Gasteiger partial charge in [-0.25, -0.2) is 9.37 Å². The van der Waals surface area contributed by atoms with Crippen LogP contribution in [0.3, 0.4) is 0 Å². The van der Waals surface area contributed by atoms with E-state index < -0.39 is 0 Å². The Morgan fingerprint density at radius 2 is 1.91 bits per heavy atom. The van der Waals surface area contributed by atoms with Gasteiger partial charge in [0.15, 0.2) is 0 Å². The molecule has 1 aliphatic rings. The maximum Gasteiger partial charge on any atom is 0.225 e. The molecule has 0 spiro atoms. The van der Waals surface area contributed by atoms with E-state index in [9.17, 15) is 4.39 Å². The molecule has 0 atom stereocenters. The van der Waals surface area contributed by atoms with Crippen LogP contribution in [0.15, 0.2) is 30.3 Å². The second kappa shape index (κ2) is 6.14. The number of nitrogens with one attached hydrogen (secondary N) is 2. The van der Waals surface area contributed by atoms with Crippen LogP contribution >= 0.6 is 0 Å². The molecule has 2 aromatic rings. The van der Waals surface area contributed by atoms with Gasteiger partial charge in [-0.1, -0.05) is 18.2 Å². The van der Waals surface area contributed by atoms with Gasteiger partial charge in [-0.05, 0) is 39.7 Å². The monoisotopic (exact) mass is 314 g/mol. The van der Waals surface area contributed by atoms with E-state index in [0.29, 0.717) is 24.0 Å². The summed E-state index contributed by atoms with van der Waals surface area (Å²) in [7, 11) is 0. The highest BCUT2D eigenvalue weighted by Crippen LogP contribution is 2.40. The maximum atomic E-state index is 13.7. The highest BCUT2D eigenvalue weighted by Gasteiger charge is 2.26. The molecule has 122 valence electrons. The van der Waals surface area contributed by atoms with Crippen LogP contribution in [0.25, 0.3) is 0 Å². The molecular formula is C18H23FN4. The Hall–Kier alpha value is -2.17. The number of aromatic nitrogens is 2. The van der Waals surface area contributed by atoms with Crippen molar-refractivity contribution < 1.29 is 4.39 Å². The number of anilines is 2. The Bertz CT molecular complexity index is 690. The van der Waals surface area contributed by atoms with Gasteiger partial charge in [0.1, 0.15) is 11.6 Å². The summed E-state index contributed by atoms with van der Waals surface area (Å²) in [4.78, 5) is 9.13. The summed E-state index contributed by atoms with van der Waals surface area (Å²) in [5, 5.41) is 6.54. The third kappa shape index (κ3) is 4.41. The summed E-state index contributed by atoms with van der Waals surface area (Å²) >= 11 is 0. The van der Waals surface area contributed by atoms with E-state index in [1.165, 1.54) is 18.9 Å². The molecule has 0 saturated heterocycles. The van der Waals surface area contributed by atoms with Crippen molar-refractivity contribution in [3.05, 3.63) is 47.4 Å². The van der Waals surface area contributed by atoms with E-state index in [1.807, 2.05) is 12.1 Å². The number of benzene rings is 1. The van der Waals surface area contributed by atoms with Crippen LogP contribution in [0.2, 0.25) is 0 Å². The molecular weight excluding hydrogens is 291 g/mol.